The van der Waals surface area contributed by atoms with Gasteiger partial charge in [0.15, 0.2) is 0 Å². The largest absolute Gasteiger partial charge is 0.507 e. The predicted octanol–water partition coefficient (Wildman–Crippen LogP) is 5.29. The molecule has 3 heteroatoms. The highest BCUT2D eigenvalue weighted by Crippen LogP contribution is 2.48. The van der Waals surface area contributed by atoms with Gasteiger partial charge in [-0.3, -0.25) is 0 Å². The Morgan fingerprint density at radius 3 is 2.68 bits per heavy atom. The second-order valence-electron chi connectivity index (χ2n) is 7.33. The van der Waals surface area contributed by atoms with E-state index in [0.29, 0.717) is 5.92 Å². The van der Waals surface area contributed by atoms with Crippen molar-refractivity contribution >= 4 is 5.97 Å². The van der Waals surface area contributed by atoms with Gasteiger partial charge in [0.2, 0.25) is 0 Å². The number of aromatic hydroxyl groups is 1. The lowest BCUT2D eigenvalue weighted by Gasteiger charge is -2.44. The maximum absolute atomic E-state index is 12.2. The first-order valence-corrected chi connectivity index (χ1v) is 8.70. The average molecular weight is 340 g/mol. The van der Waals surface area contributed by atoms with Crippen molar-refractivity contribution in [1.82, 2.24) is 0 Å². The van der Waals surface area contributed by atoms with Gasteiger partial charge in [0.25, 0.3) is 0 Å². The molecule has 1 aromatic carbocycles. The fourth-order valence-electron chi connectivity index (χ4n) is 3.64. The lowest BCUT2D eigenvalue weighted by Crippen LogP contribution is -2.35. The number of phenols is 1. The Kier molecular flexibility index (Phi) is 5.89. The summed E-state index contributed by atoms with van der Waals surface area (Å²) in [5.74, 6) is 0.0436. The van der Waals surface area contributed by atoms with E-state index in [4.69, 9.17) is 4.74 Å². The van der Waals surface area contributed by atoms with Crippen molar-refractivity contribution in [2.24, 2.45) is 17.3 Å². The van der Waals surface area contributed by atoms with Gasteiger partial charge in [-0.15, -0.1) is 6.58 Å². The Hall–Kier alpha value is -2.29. The van der Waals surface area contributed by atoms with Crippen LogP contribution in [0.4, 0.5) is 0 Å². The molecule has 3 nitrogen and oxygen atoms in total. The summed E-state index contributed by atoms with van der Waals surface area (Å²) in [5.41, 5.74) is 2.20. The number of carbonyl (C=O) groups excluding carboxylic acids is 1. The Bertz CT molecular complexity index is 688. The van der Waals surface area contributed by atoms with Gasteiger partial charge in [-0.25, -0.2) is 4.79 Å². The zero-order valence-electron chi connectivity index (χ0n) is 15.3. The number of carbonyl (C=O) groups is 1. The lowest BCUT2D eigenvalue weighted by atomic mass is 9.61. The first-order chi connectivity index (χ1) is 11.8. The molecule has 1 N–H and O–H groups in total. The normalized spacial score (nSPS) is 25.8. The molecule has 0 radical (unpaired) electrons. The molecule has 2 rings (SSSR count). The molecule has 0 bridgehead atoms. The molecule has 0 saturated heterocycles. The minimum Gasteiger partial charge on any atom is -0.507 e. The standard InChI is InChI=1S/C22H28O3/c1-6-22(5)12-11-17(15(2)3)13-19(22)16(4)14-25-21(24)18-9-7-8-10-20(18)23/h6-10,17,19,23H,1-2,4,11-14H2,3,5H3/t17-,19+,22-/m1/s1. The second-order valence-corrected chi connectivity index (χ2v) is 7.33. The third-order valence-corrected chi connectivity index (χ3v) is 5.52. The highest BCUT2D eigenvalue weighted by Gasteiger charge is 2.39. The average Bonchev–Trinajstić information content (AvgIpc) is 2.59. The van der Waals surface area contributed by atoms with Crippen LogP contribution in [0.3, 0.4) is 0 Å². The lowest BCUT2D eigenvalue weighted by molar-refractivity contribution is 0.0506. The van der Waals surface area contributed by atoms with Gasteiger partial charge in [-0.05, 0) is 61.1 Å². The van der Waals surface area contributed by atoms with E-state index >= 15 is 0 Å². The molecule has 1 aliphatic rings. The van der Waals surface area contributed by atoms with Crippen molar-refractivity contribution < 1.29 is 14.6 Å². The van der Waals surface area contributed by atoms with Crippen molar-refractivity contribution in [2.75, 3.05) is 6.61 Å². The molecule has 1 aliphatic carbocycles. The van der Waals surface area contributed by atoms with Crippen LogP contribution < -0.4 is 0 Å². The summed E-state index contributed by atoms with van der Waals surface area (Å²) in [6, 6.07) is 6.38. The van der Waals surface area contributed by atoms with Gasteiger partial charge in [-0.2, -0.15) is 0 Å². The fraction of sp³-hybridized carbons (Fsp3) is 0.409. The van der Waals surface area contributed by atoms with E-state index in [-0.39, 0.29) is 29.3 Å². The summed E-state index contributed by atoms with van der Waals surface area (Å²) in [4.78, 5) is 12.2. The SMILES string of the molecule is C=C[C@]1(C)CC[C@@H](C(=C)C)C[C@H]1C(=C)COC(=O)c1ccccc1O. The number of ether oxygens (including phenoxy) is 1. The quantitative estimate of drug-likeness (QED) is 0.565. The van der Waals surface area contributed by atoms with E-state index in [2.05, 4.69) is 33.6 Å². The zero-order valence-corrected chi connectivity index (χ0v) is 15.3. The van der Waals surface area contributed by atoms with Crippen LogP contribution in [0.1, 0.15) is 43.5 Å². The smallest absolute Gasteiger partial charge is 0.342 e. The molecule has 0 amide bonds. The summed E-state index contributed by atoms with van der Waals surface area (Å²) in [6.45, 7) is 16.7. The third-order valence-electron chi connectivity index (χ3n) is 5.52. The van der Waals surface area contributed by atoms with E-state index in [1.807, 2.05) is 6.08 Å². The van der Waals surface area contributed by atoms with E-state index in [9.17, 15) is 9.90 Å². The third kappa shape index (κ3) is 4.22. The number of benzene rings is 1. The maximum atomic E-state index is 12.2. The molecule has 134 valence electrons. The van der Waals surface area contributed by atoms with Gasteiger partial charge < -0.3 is 9.84 Å². The summed E-state index contributed by atoms with van der Waals surface area (Å²) >= 11 is 0. The number of hydrogen-bond donors (Lipinski definition) is 1. The van der Waals surface area contributed by atoms with Gasteiger partial charge in [0.1, 0.15) is 17.9 Å². The van der Waals surface area contributed by atoms with Crippen molar-refractivity contribution in [1.29, 1.82) is 0 Å². The van der Waals surface area contributed by atoms with Crippen molar-refractivity contribution in [3.05, 3.63) is 66.8 Å². The van der Waals surface area contributed by atoms with Crippen molar-refractivity contribution in [2.45, 2.75) is 33.1 Å². The monoisotopic (exact) mass is 340 g/mol. The highest BCUT2D eigenvalue weighted by molar-refractivity contribution is 5.92. The number of rotatable bonds is 6. The van der Waals surface area contributed by atoms with E-state index in [0.717, 1.165) is 24.8 Å². The van der Waals surface area contributed by atoms with Crippen LogP contribution >= 0.6 is 0 Å². The van der Waals surface area contributed by atoms with Gasteiger partial charge in [0, 0.05) is 0 Å². The summed E-state index contributed by atoms with van der Waals surface area (Å²) in [6.07, 6.45) is 5.07. The van der Waals surface area contributed by atoms with Gasteiger partial charge in [0.05, 0.1) is 0 Å². The molecule has 0 aromatic heterocycles. The summed E-state index contributed by atoms with van der Waals surface area (Å²) in [7, 11) is 0. The Labute approximate surface area is 150 Å². The molecule has 0 heterocycles. The van der Waals surface area contributed by atoms with Gasteiger partial charge in [-0.1, -0.05) is 43.9 Å². The predicted molar refractivity (Wildman–Crippen MR) is 101 cm³/mol. The van der Waals surface area contributed by atoms with Crippen molar-refractivity contribution in [3.63, 3.8) is 0 Å². The van der Waals surface area contributed by atoms with Gasteiger partial charge >= 0.3 is 5.97 Å². The topological polar surface area (TPSA) is 46.5 Å². The molecule has 0 spiro atoms. The number of para-hydroxylation sites is 1. The Morgan fingerprint density at radius 1 is 1.40 bits per heavy atom. The van der Waals surface area contributed by atoms with E-state index < -0.39 is 5.97 Å². The van der Waals surface area contributed by atoms with Crippen LogP contribution in [0, 0.1) is 17.3 Å². The van der Waals surface area contributed by atoms with Crippen LogP contribution in [0.25, 0.3) is 0 Å². The Balaban J connectivity index is 2.07. The molecular formula is C22H28O3. The summed E-state index contributed by atoms with van der Waals surface area (Å²) < 4.78 is 5.40. The maximum Gasteiger partial charge on any atom is 0.342 e. The fourth-order valence-corrected chi connectivity index (χ4v) is 3.64. The van der Waals surface area contributed by atoms with E-state index in [1.54, 1.807) is 18.2 Å². The first-order valence-electron chi connectivity index (χ1n) is 8.70. The number of phenolic OH excluding ortho intramolecular Hbond substituents is 1. The van der Waals surface area contributed by atoms with E-state index in [1.165, 1.54) is 11.6 Å². The Morgan fingerprint density at radius 2 is 2.08 bits per heavy atom. The first kappa shape index (κ1) is 19.0. The zero-order chi connectivity index (χ0) is 18.6. The second kappa shape index (κ2) is 7.73. The van der Waals surface area contributed by atoms with Crippen LogP contribution in [-0.2, 0) is 4.74 Å². The van der Waals surface area contributed by atoms with Crippen LogP contribution in [-0.4, -0.2) is 17.7 Å². The number of hydrogen-bond acceptors (Lipinski definition) is 3. The highest BCUT2D eigenvalue weighted by atomic mass is 16.5. The minimum absolute atomic E-state index is 0.0513. The molecule has 0 unspecified atom stereocenters. The molecular weight excluding hydrogens is 312 g/mol. The van der Waals surface area contributed by atoms with Crippen LogP contribution in [0.15, 0.2) is 61.2 Å². The molecule has 0 aliphatic heterocycles. The molecule has 1 aromatic rings. The molecule has 1 fully saturated rings. The molecule has 3 atom stereocenters. The van der Waals surface area contributed by atoms with Crippen LogP contribution in [0.2, 0.25) is 0 Å². The molecule has 25 heavy (non-hydrogen) atoms. The number of allylic oxidation sites excluding steroid dienone is 2. The summed E-state index contributed by atoms with van der Waals surface area (Å²) in [5, 5.41) is 9.77. The molecule has 1 saturated carbocycles. The van der Waals surface area contributed by atoms with Crippen LogP contribution in [0.5, 0.6) is 5.75 Å². The minimum atomic E-state index is -0.535. The van der Waals surface area contributed by atoms with Crippen molar-refractivity contribution in [3.8, 4) is 5.75 Å². The number of esters is 1.